The van der Waals surface area contributed by atoms with Gasteiger partial charge >= 0.3 is 6.61 Å². The minimum absolute atomic E-state index is 0.114. The Hall–Kier alpha value is -3.60. The fourth-order valence-corrected chi connectivity index (χ4v) is 3.34. The van der Waals surface area contributed by atoms with Crippen LogP contribution in [0.2, 0.25) is 0 Å². The van der Waals surface area contributed by atoms with Gasteiger partial charge in [-0.05, 0) is 56.0 Å². The summed E-state index contributed by atoms with van der Waals surface area (Å²) in [6.07, 6.45) is 2.03. The van der Waals surface area contributed by atoms with Crippen molar-refractivity contribution in [2.75, 3.05) is 6.61 Å². The first-order valence-electron chi connectivity index (χ1n) is 10.9. The lowest BCUT2D eigenvalue weighted by Crippen LogP contribution is -2.25. The number of nitrogens with one attached hydrogen (secondary N) is 1. The van der Waals surface area contributed by atoms with Gasteiger partial charge < -0.3 is 24.9 Å². The van der Waals surface area contributed by atoms with Gasteiger partial charge in [0.2, 0.25) is 5.89 Å². The maximum Gasteiger partial charge on any atom is 0.387 e. The van der Waals surface area contributed by atoms with Crippen molar-refractivity contribution in [3.63, 3.8) is 0 Å². The number of hydrogen-bond donors (Lipinski definition) is 2. The van der Waals surface area contributed by atoms with Crippen LogP contribution in [0.5, 0.6) is 11.5 Å². The lowest BCUT2D eigenvalue weighted by atomic mass is 10.2. The maximum absolute atomic E-state index is 13.9. The van der Waals surface area contributed by atoms with Crippen LogP contribution < -0.4 is 20.5 Å². The molecule has 1 fully saturated rings. The van der Waals surface area contributed by atoms with E-state index in [-0.39, 0.29) is 35.3 Å². The number of benzene rings is 2. The molecule has 35 heavy (non-hydrogen) atoms. The Kier molecular flexibility index (Phi) is 7.25. The Balaban J connectivity index is 1.56. The number of alkyl halides is 2. The third kappa shape index (κ3) is 6.10. The second-order valence-electron chi connectivity index (χ2n) is 8.22. The topological polar surface area (TPSA) is 99.6 Å². The first-order valence-corrected chi connectivity index (χ1v) is 10.9. The maximum atomic E-state index is 13.9. The van der Waals surface area contributed by atoms with Crippen LogP contribution >= 0.6 is 0 Å². The van der Waals surface area contributed by atoms with Crippen LogP contribution in [0.1, 0.15) is 47.6 Å². The molecule has 0 bridgehead atoms. The summed E-state index contributed by atoms with van der Waals surface area (Å²) in [5.74, 6) is -1.79. The molecular formula is C24H23F4N3O4. The molecule has 1 aliphatic carbocycles. The SMILES string of the molecule is CC(N)c1oc(-c2ccc(OC(F)F)c(OCC3CC3)c2)nc1CNC(=O)c1ccc(F)cc1F. The van der Waals surface area contributed by atoms with Crippen LogP contribution in [0.15, 0.2) is 40.8 Å². The van der Waals surface area contributed by atoms with Crippen LogP contribution in [-0.2, 0) is 6.54 Å². The number of ether oxygens (including phenoxy) is 2. The van der Waals surface area contributed by atoms with E-state index in [0.717, 1.165) is 25.0 Å². The van der Waals surface area contributed by atoms with E-state index in [9.17, 15) is 22.4 Å². The Bertz CT molecular complexity index is 1210. The average molecular weight is 493 g/mol. The Morgan fingerprint density at radius 3 is 2.63 bits per heavy atom. The van der Waals surface area contributed by atoms with E-state index in [0.29, 0.717) is 29.8 Å². The van der Waals surface area contributed by atoms with Gasteiger partial charge in [-0.3, -0.25) is 4.79 Å². The molecule has 0 spiro atoms. The van der Waals surface area contributed by atoms with Crippen LogP contribution in [0.4, 0.5) is 17.6 Å². The van der Waals surface area contributed by atoms with Crippen molar-refractivity contribution in [3.8, 4) is 23.0 Å². The van der Waals surface area contributed by atoms with Gasteiger partial charge in [-0.15, -0.1) is 0 Å². The van der Waals surface area contributed by atoms with Gasteiger partial charge in [0.1, 0.15) is 23.1 Å². The van der Waals surface area contributed by atoms with Gasteiger partial charge in [-0.25, -0.2) is 13.8 Å². The van der Waals surface area contributed by atoms with Gasteiger partial charge in [0.15, 0.2) is 11.5 Å². The summed E-state index contributed by atoms with van der Waals surface area (Å²) < 4.78 is 68.6. The molecule has 11 heteroatoms. The summed E-state index contributed by atoms with van der Waals surface area (Å²) in [4.78, 5) is 16.7. The molecule has 3 aromatic rings. The number of hydrogen-bond acceptors (Lipinski definition) is 6. The lowest BCUT2D eigenvalue weighted by Gasteiger charge is -2.12. The summed E-state index contributed by atoms with van der Waals surface area (Å²) in [5.41, 5.74) is 6.36. The van der Waals surface area contributed by atoms with E-state index in [1.807, 2.05) is 0 Å². The van der Waals surface area contributed by atoms with Crippen molar-refractivity contribution in [2.45, 2.75) is 39.0 Å². The molecule has 186 valence electrons. The van der Waals surface area contributed by atoms with Gasteiger partial charge in [0.25, 0.3) is 5.91 Å². The zero-order valence-electron chi connectivity index (χ0n) is 18.7. The minimum atomic E-state index is -3.02. The summed E-state index contributed by atoms with van der Waals surface area (Å²) in [6.45, 7) is -1.14. The predicted molar refractivity (Wildman–Crippen MR) is 117 cm³/mol. The number of halogens is 4. The number of amides is 1. The van der Waals surface area contributed by atoms with E-state index in [1.165, 1.54) is 18.2 Å². The largest absolute Gasteiger partial charge is 0.489 e. The van der Waals surface area contributed by atoms with Crippen LogP contribution in [0.25, 0.3) is 11.5 Å². The molecule has 3 N–H and O–H groups in total. The number of carbonyl (C=O) groups excluding carboxylic acids is 1. The van der Waals surface area contributed by atoms with E-state index in [4.69, 9.17) is 14.9 Å². The van der Waals surface area contributed by atoms with Crippen molar-refractivity contribution >= 4 is 5.91 Å². The molecule has 1 unspecified atom stereocenters. The number of carbonyl (C=O) groups is 1. The molecular weight excluding hydrogens is 470 g/mol. The number of nitrogens with zero attached hydrogens (tertiary/aromatic N) is 1. The normalized spacial score (nSPS) is 14.1. The number of rotatable bonds is 10. The average Bonchev–Trinajstić information content (AvgIpc) is 3.53. The number of nitrogens with two attached hydrogens (primary N) is 1. The highest BCUT2D eigenvalue weighted by Gasteiger charge is 2.24. The molecule has 1 aromatic heterocycles. The van der Waals surface area contributed by atoms with E-state index >= 15 is 0 Å². The highest BCUT2D eigenvalue weighted by Crippen LogP contribution is 2.37. The van der Waals surface area contributed by atoms with Crippen molar-refractivity contribution < 1.29 is 36.2 Å². The van der Waals surface area contributed by atoms with Crippen molar-refractivity contribution in [3.05, 3.63) is 65.1 Å². The van der Waals surface area contributed by atoms with Crippen molar-refractivity contribution in [1.82, 2.24) is 10.3 Å². The predicted octanol–water partition coefficient (Wildman–Crippen LogP) is 4.96. The highest BCUT2D eigenvalue weighted by atomic mass is 19.3. The zero-order chi connectivity index (χ0) is 25.1. The molecule has 4 rings (SSSR count). The standard InChI is InChI=1S/C24H23F4N3O4/c1-12(29)21-18(10-30-22(32)16-6-5-15(25)9-17(16)26)31-23(35-21)14-4-7-19(34-24(27)28)20(8-14)33-11-13-2-3-13/h4-9,12-13,24H,2-3,10-11,29H2,1H3,(H,30,32). The molecule has 0 saturated heterocycles. The lowest BCUT2D eigenvalue weighted by molar-refractivity contribution is -0.0515. The van der Waals surface area contributed by atoms with Crippen LogP contribution in [0, 0.1) is 17.6 Å². The van der Waals surface area contributed by atoms with Crippen LogP contribution in [-0.4, -0.2) is 24.1 Å². The second-order valence-corrected chi connectivity index (χ2v) is 8.22. The summed E-state index contributed by atoms with van der Waals surface area (Å²) in [5, 5.41) is 2.51. The number of aromatic nitrogens is 1. The summed E-state index contributed by atoms with van der Waals surface area (Å²) in [7, 11) is 0. The first-order chi connectivity index (χ1) is 16.7. The smallest absolute Gasteiger partial charge is 0.387 e. The Morgan fingerprint density at radius 1 is 1.20 bits per heavy atom. The number of oxazole rings is 1. The Morgan fingerprint density at radius 2 is 1.97 bits per heavy atom. The first kappa shape index (κ1) is 24.5. The summed E-state index contributed by atoms with van der Waals surface area (Å²) >= 11 is 0. The second kappa shape index (κ2) is 10.3. The fourth-order valence-electron chi connectivity index (χ4n) is 3.34. The third-order valence-corrected chi connectivity index (χ3v) is 5.31. The van der Waals surface area contributed by atoms with Gasteiger partial charge in [0.05, 0.1) is 24.8 Å². The molecule has 1 amide bonds. The Labute approximate surface area is 198 Å². The van der Waals surface area contributed by atoms with Gasteiger partial charge in [-0.1, -0.05) is 0 Å². The quantitative estimate of drug-likeness (QED) is 0.388. The summed E-state index contributed by atoms with van der Waals surface area (Å²) in [6, 6.07) is 6.32. The van der Waals surface area contributed by atoms with Crippen LogP contribution in [0.3, 0.4) is 0 Å². The minimum Gasteiger partial charge on any atom is -0.489 e. The fraction of sp³-hybridized carbons (Fsp3) is 0.333. The van der Waals surface area contributed by atoms with E-state index in [2.05, 4.69) is 15.0 Å². The highest BCUT2D eigenvalue weighted by molar-refractivity contribution is 5.94. The van der Waals surface area contributed by atoms with E-state index < -0.39 is 30.2 Å². The monoisotopic (exact) mass is 493 g/mol. The molecule has 2 aromatic carbocycles. The third-order valence-electron chi connectivity index (χ3n) is 5.31. The molecule has 0 aliphatic heterocycles. The molecule has 1 atom stereocenters. The van der Waals surface area contributed by atoms with Gasteiger partial charge in [-0.2, -0.15) is 8.78 Å². The molecule has 1 aliphatic rings. The molecule has 0 radical (unpaired) electrons. The molecule has 7 nitrogen and oxygen atoms in total. The molecule has 1 heterocycles. The zero-order valence-corrected chi connectivity index (χ0v) is 18.7. The molecule has 1 saturated carbocycles. The van der Waals surface area contributed by atoms with Crippen molar-refractivity contribution in [1.29, 1.82) is 0 Å². The van der Waals surface area contributed by atoms with Gasteiger partial charge in [0, 0.05) is 11.6 Å². The van der Waals surface area contributed by atoms with Crippen molar-refractivity contribution in [2.24, 2.45) is 11.7 Å². The van der Waals surface area contributed by atoms with E-state index in [1.54, 1.807) is 6.92 Å².